The molecule has 2 N–H and O–H groups in total. The largest absolute Gasteiger partial charge is 0.355 e. The van der Waals surface area contributed by atoms with Crippen LogP contribution in [0.5, 0.6) is 0 Å². The maximum atomic E-state index is 6.21. The molecule has 0 aliphatic heterocycles. The Morgan fingerprint density at radius 1 is 1.33 bits per heavy atom. The highest BCUT2D eigenvalue weighted by atomic mass is 32.1. The van der Waals surface area contributed by atoms with Gasteiger partial charge in [-0.15, -0.1) is 11.3 Å². The Labute approximate surface area is 132 Å². The molecule has 5 heteroatoms. The molecular formula is C16H28N4S. The van der Waals surface area contributed by atoms with Gasteiger partial charge in [0, 0.05) is 37.1 Å². The van der Waals surface area contributed by atoms with Gasteiger partial charge in [-0.2, -0.15) is 0 Å². The number of nitrogens with two attached hydrogens (primary N) is 1. The normalized spacial score (nSPS) is 14.5. The minimum absolute atomic E-state index is 0.200. The third kappa shape index (κ3) is 3.58. The predicted molar refractivity (Wildman–Crippen MR) is 92.4 cm³/mol. The van der Waals surface area contributed by atoms with E-state index in [1.165, 1.54) is 12.1 Å². The number of hydrogen-bond donors (Lipinski definition) is 1. The predicted octanol–water partition coefficient (Wildman–Crippen LogP) is 3.55. The van der Waals surface area contributed by atoms with Gasteiger partial charge in [-0.05, 0) is 19.3 Å². The first-order valence-corrected chi connectivity index (χ1v) is 8.93. The molecule has 0 saturated heterocycles. The van der Waals surface area contributed by atoms with Gasteiger partial charge in [-0.1, -0.05) is 27.2 Å². The van der Waals surface area contributed by atoms with E-state index in [0.717, 1.165) is 36.7 Å². The molecule has 0 aliphatic rings. The van der Waals surface area contributed by atoms with Crippen LogP contribution in [0, 0.1) is 5.92 Å². The Kier molecular flexibility index (Phi) is 5.65. The topological polar surface area (TPSA) is 46.6 Å². The first-order valence-electron chi connectivity index (χ1n) is 8.05. The Morgan fingerprint density at radius 2 is 2.10 bits per heavy atom. The molecule has 2 heterocycles. The zero-order valence-corrected chi connectivity index (χ0v) is 14.5. The van der Waals surface area contributed by atoms with E-state index in [0.29, 0.717) is 5.92 Å². The highest BCUT2D eigenvalue weighted by molar-refractivity contribution is 7.15. The molecule has 0 amide bonds. The molecule has 0 radical (unpaired) electrons. The van der Waals surface area contributed by atoms with Crippen LogP contribution in [0.1, 0.15) is 46.2 Å². The van der Waals surface area contributed by atoms with Crippen molar-refractivity contribution in [1.29, 1.82) is 0 Å². The molecule has 0 bridgehead atoms. The van der Waals surface area contributed by atoms with Crippen molar-refractivity contribution in [3.05, 3.63) is 17.3 Å². The fraction of sp³-hybridized carbons (Fsp3) is 0.688. The van der Waals surface area contributed by atoms with Gasteiger partial charge in [0.05, 0.1) is 5.69 Å². The van der Waals surface area contributed by atoms with Crippen molar-refractivity contribution >= 4 is 22.1 Å². The zero-order valence-electron chi connectivity index (χ0n) is 13.7. The Bertz CT molecular complexity index is 560. The van der Waals surface area contributed by atoms with Gasteiger partial charge in [0.2, 0.25) is 0 Å². The summed E-state index contributed by atoms with van der Waals surface area (Å²) in [6.45, 7) is 11.0. The summed E-state index contributed by atoms with van der Waals surface area (Å²) in [6.07, 6.45) is 5.20. The van der Waals surface area contributed by atoms with Crippen molar-refractivity contribution in [1.82, 2.24) is 9.38 Å². The first kappa shape index (κ1) is 16.3. The number of imidazole rings is 1. The molecule has 0 spiro atoms. The average Bonchev–Trinajstić information content (AvgIpc) is 3.07. The lowest BCUT2D eigenvalue weighted by Gasteiger charge is -2.25. The van der Waals surface area contributed by atoms with E-state index >= 15 is 0 Å². The first-order chi connectivity index (χ1) is 10.1. The second kappa shape index (κ2) is 7.27. The van der Waals surface area contributed by atoms with Crippen LogP contribution in [0.15, 0.2) is 11.6 Å². The smallest absolute Gasteiger partial charge is 0.195 e. The van der Waals surface area contributed by atoms with Crippen molar-refractivity contribution in [2.45, 2.75) is 53.0 Å². The van der Waals surface area contributed by atoms with E-state index in [4.69, 9.17) is 10.7 Å². The third-order valence-electron chi connectivity index (χ3n) is 4.23. The summed E-state index contributed by atoms with van der Waals surface area (Å²) in [4.78, 5) is 8.35. The summed E-state index contributed by atoms with van der Waals surface area (Å²) in [5.41, 5.74) is 7.47. The minimum atomic E-state index is 0.200. The van der Waals surface area contributed by atoms with Gasteiger partial charge in [0.25, 0.3) is 0 Å². The standard InChI is InChI=1S/C16H28N4S/c1-5-12(4)11-19(7-3)15-14(10-13(17)6-2)20-8-9-21-16(20)18-15/h8-9,12-13H,5-7,10-11,17H2,1-4H3. The fourth-order valence-corrected chi connectivity index (χ4v) is 3.26. The highest BCUT2D eigenvalue weighted by Gasteiger charge is 2.20. The lowest BCUT2D eigenvalue weighted by molar-refractivity contribution is 0.543. The maximum Gasteiger partial charge on any atom is 0.195 e. The monoisotopic (exact) mass is 308 g/mol. The van der Waals surface area contributed by atoms with Crippen molar-refractivity contribution in [2.75, 3.05) is 18.0 Å². The van der Waals surface area contributed by atoms with Crippen molar-refractivity contribution < 1.29 is 0 Å². The molecule has 2 aromatic heterocycles. The van der Waals surface area contributed by atoms with Crippen LogP contribution < -0.4 is 10.6 Å². The number of fused-ring (bicyclic) bond motifs is 1. The van der Waals surface area contributed by atoms with Crippen LogP contribution in [0.25, 0.3) is 4.96 Å². The lowest BCUT2D eigenvalue weighted by atomic mass is 10.1. The molecule has 0 fully saturated rings. The Balaban J connectivity index is 2.35. The number of hydrogen-bond acceptors (Lipinski definition) is 4. The van der Waals surface area contributed by atoms with Crippen molar-refractivity contribution in [3.63, 3.8) is 0 Å². The van der Waals surface area contributed by atoms with E-state index in [1.54, 1.807) is 11.3 Å². The molecule has 2 aromatic rings. The van der Waals surface area contributed by atoms with E-state index in [1.807, 2.05) is 0 Å². The van der Waals surface area contributed by atoms with Crippen LogP contribution >= 0.6 is 11.3 Å². The van der Waals surface area contributed by atoms with Crippen LogP contribution in [0.3, 0.4) is 0 Å². The van der Waals surface area contributed by atoms with Crippen molar-refractivity contribution in [3.8, 4) is 0 Å². The Hall–Kier alpha value is -1.07. The molecule has 0 saturated carbocycles. The molecule has 2 atom stereocenters. The summed E-state index contributed by atoms with van der Waals surface area (Å²) in [5, 5.41) is 2.10. The second-order valence-corrected chi connectivity index (χ2v) is 6.74. The van der Waals surface area contributed by atoms with Crippen molar-refractivity contribution in [2.24, 2.45) is 11.7 Å². The van der Waals surface area contributed by atoms with Gasteiger partial charge in [-0.25, -0.2) is 4.98 Å². The molecule has 2 unspecified atom stereocenters. The summed E-state index contributed by atoms with van der Waals surface area (Å²) in [5.74, 6) is 1.81. The molecule has 118 valence electrons. The molecule has 2 rings (SSSR count). The zero-order chi connectivity index (χ0) is 15.4. The average molecular weight is 308 g/mol. The lowest BCUT2D eigenvalue weighted by Crippen LogP contribution is -2.30. The van der Waals surface area contributed by atoms with Crippen LogP contribution in [-0.2, 0) is 6.42 Å². The summed E-state index contributed by atoms with van der Waals surface area (Å²) in [6, 6.07) is 0.200. The van der Waals surface area contributed by atoms with E-state index in [-0.39, 0.29) is 6.04 Å². The summed E-state index contributed by atoms with van der Waals surface area (Å²) in [7, 11) is 0. The SMILES string of the molecule is CCC(C)CN(CC)c1nc2sccn2c1CC(N)CC. The van der Waals surface area contributed by atoms with Crippen LogP contribution in [0.2, 0.25) is 0 Å². The maximum absolute atomic E-state index is 6.21. The number of nitrogens with zero attached hydrogens (tertiary/aromatic N) is 3. The Morgan fingerprint density at radius 3 is 2.71 bits per heavy atom. The molecule has 21 heavy (non-hydrogen) atoms. The highest BCUT2D eigenvalue weighted by Crippen LogP contribution is 2.27. The summed E-state index contributed by atoms with van der Waals surface area (Å²) >= 11 is 1.69. The van der Waals surface area contributed by atoms with Crippen LogP contribution in [0.4, 0.5) is 5.82 Å². The molecule has 0 aliphatic carbocycles. The third-order valence-corrected chi connectivity index (χ3v) is 4.99. The number of aromatic nitrogens is 2. The summed E-state index contributed by atoms with van der Waals surface area (Å²) < 4.78 is 2.22. The molecule has 4 nitrogen and oxygen atoms in total. The molecule has 0 aromatic carbocycles. The number of anilines is 1. The number of rotatable bonds is 8. The number of thiazole rings is 1. The van der Waals surface area contributed by atoms with E-state index in [9.17, 15) is 0 Å². The van der Waals surface area contributed by atoms with Gasteiger partial charge in [0.1, 0.15) is 0 Å². The van der Waals surface area contributed by atoms with E-state index < -0.39 is 0 Å². The van der Waals surface area contributed by atoms with Gasteiger partial charge >= 0.3 is 0 Å². The fourth-order valence-electron chi connectivity index (χ4n) is 2.53. The molecular weight excluding hydrogens is 280 g/mol. The van der Waals surface area contributed by atoms with Crippen LogP contribution in [-0.4, -0.2) is 28.5 Å². The van der Waals surface area contributed by atoms with Gasteiger partial charge in [-0.3, -0.25) is 4.40 Å². The minimum Gasteiger partial charge on any atom is -0.355 e. The quantitative estimate of drug-likeness (QED) is 0.811. The van der Waals surface area contributed by atoms with E-state index in [2.05, 4.69) is 48.6 Å². The van der Waals surface area contributed by atoms with Gasteiger partial charge in [0.15, 0.2) is 10.8 Å². The van der Waals surface area contributed by atoms with Gasteiger partial charge < -0.3 is 10.6 Å². The second-order valence-electron chi connectivity index (χ2n) is 5.86.